The van der Waals surface area contributed by atoms with Gasteiger partial charge in [-0.3, -0.25) is 9.69 Å². The fourth-order valence-electron chi connectivity index (χ4n) is 2.20. The Morgan fingerprint density at radius 2 is 2.00 bits per heavy atom. The van der Waals surface area contributed by atoms with Crippen molar-refractivity contribution >= 4 is 17.6 Å². The first kappa shape index (κ1) is 17.1. The molecule has 0 aliphatic heterocycles. The van der Waals surface area contributed by atoms with E-state index in [4.69, 9.17) is 9.47 Å². The summed E-state index contributed by atoms with van der Waals surface area (Å²) >= 11 is 0. The van der Waals surface area contributed by atoms with Gasteiger partial charge in [-0.2, -0.15) is 0 Å². The Balaban J connectivity index is 3.37. The third-order valence-corrected chi connectivity index (χ3v) is 3.20. The Hall–Kier alpha value is -1.92. The molecule has 1 N–H and O–H groups in total. The van der Waals surface area contributed by atoms with Gasteiger partial charge in [0, 0.05) is 12.7 Å². The number of hydrogen-bond acceptors (Lipinski definition) is 5. The van der Waals surface area contributed by atoms with Crippen LogP contribution in [0.1, 0.15) is 18.1 Å². The summed E-state index contributed by atoms with van der Waals surface area (Å²) in [5.41, 5.74) is 1.86. The number of para-hydroxylation sites is 1. The molecule has 6 heteroatoms. The zero-order valence-electron chi connectivity index (χ0n) is 12.8. The van der Waals surface area contributed by atoms with Crippen LogP contribution in [0.4, 0.5) is 5.69 Å². The summed E-state index contributed by atoms with van der Waals surface area (Å²) in [6.07, 6.45) is 0. The Bertz CT molecular complexity index is 515. The molecule has 1 aromatic carbocycles. The quantitative estimate of drug-likeness (QED) is 0.793. The number of aliphatic hydroxyl groups is 1. The number of amides is 1. The third kappa shape index (κ3) is 3.80. The molecule has 1 aromatic rings. The predicted octanol–water partition coefficient (Wildman–Crippen LogP) is 1.03. The Labute approximate surface area is 124 Å². The minimum atomic E-state index is -0.816. The average molecular weight is 295 g/mol. The van der Waals surface area contributed by atoms with Crippen molar-refractivity contribution in [2.24, 2.45) is 0 Å². The summed E-state index contributed by atoms with van der Waals surface area (Å²) in [7, 11) is 2.67. The first-order valence-electron chi connectivity index (χ1n) is 6.56. The highest BCUT2D eigenvalue weighted by Crippen LogP contribution is 2.28. The van der Waals surface area contributed by atoms with E-state index in [-0.39, 0.29) is 19.1 Å². The number of carbonyl (C=O) groups excluding carboxylic acids is 2. The van der Waals surface area contributed by atoms with Gasteiger partial charge in [-0.15, -0.1) is 0 Å². The average Bonchev–Trinajstić information content (AvgIpc) is 2.48. The molecule has 0 aromatic heterocycles. The van der Waals surface area contributed by atoms with E-state index >= 15 is 0 Å². The van der Waals surface area contributed by atoms with Gasteiger partial charge < -0.3 is 14.6 Å². The van der Waals surface area contributed by atoms with E-state index in [1.165, 1.54) is 19.1 Å². The molecule has 1 atom stereocenters. The van der Waals surface area contributed by atoms with Gasteiger partial charge in [0.1, 0.15) is 12.6 Å². The van der Waals surface area contributed by atoms with Crippen molar-refractivity contribution in [1.29, 1.82) is 0 Å². The second kappa shape index (κ2) is 7.75. The fraction of sp³-hybridized carbons (Fsp3) is 0.467. The van der Waals surface area contributed by atoms with Crippen LogP contribution in [0, 0.1) is 6.92 Å². The van der Waals surface area contributed by atoms with Crippen LogP contribution in [-0.4, -0.2) is 43.9 Å². The summed E-state index contributed by atoms with van der Waals surface area (Å²) in [5, 5.41) is 9.50. The lowest BCUT2D eigenvalue weighted by Crippen LogP contribution is -2.46. The van der Waals surface area contributed by atoms with Gasteiger partial charge in [-0.05, 0) is 19.4 Å². The molecule has 0 fully saturated rings. The number of nitrogens with zero attached hydrogens (tertiary/aromatic N) is 1. The lowest BCUT2D eigenvalue weighted by molar-refractivity contribution is -0.143. The number of anilines is 1. The Morgan fingerprint density at radius 3 is 2.52 bits per heavy atom. The van der Waals surface area contributed by atoms with E-state index in [1.807, 2.05) is 13.0 Å². The maximum Gasteiger partial charge on any atom is 0.328 e. The van der Waals surface area contributed by atoms with Crippen molar-refractivity contribution in [3.8, 4) is 0 Å². The van der Waals surface area contributed by atoms with Crippen LogP contribution in [-0.2, 0) is 25.7 Å². The standard InChI is InChI=1S/C15H21NO5/c1-10-6-5-7-12(8-17)14(10)16(13(18)9-20-3)11(2)15(19)21-4/h5-7,11,17H,8-9H2,1-4H3/t11-/m1/s1. The highest BCUT2D eigenvalue weighted by atomic mass is 16.5. The maximum atomic E-state index is 12.3. The SMILES string of the molecule is COCC(=O)N(c1c(C)cccc1CO)[C@H](C)C(=O)OC. The number of methoxy groups -OCH3 is 2. The maximum absolute atomic E-state index is 12.3. The molecule has 0 heterocycles. The smallest absolute Gasteiger partial charge is 0.328 e. The van der Waals surface area contributed by atoms with Gasteiger partial charge in [-0.1, -0.05) is 18.2 Å². The first-order valence-corrected chi connectivity index (χ1v) is 6.56. The van der Waals surface area contributed by atoms with E-state index in [0.29, 0.717) is 11.3 Å². The van der Waals surface area contributed by atoms with Gasteiger partial charge in [0.25, 0.3) is 5.91 Å². The van der Waals surface area contributed by atoms with Crippen molar-refractivity contribution in [2.45, 2.75) is 26.5 Å². The Kier molecular flexibility index (Phi) is 6.33. The number of esters is 1. The second-order valence-corrected chi connectivity index (χ2v) is 4.64. The van der Waals surface area contributed by atoms with Crippen molar-refractivity contribution in [3.63, 3.8) is 0 Å². The molecule has 0 unspecified atom stereocenters. The normalized spacial score (nSPS) is 11.9. The van der Waals surface area contributed by atoms with Gasteiger partial charge in [-0.25, -0.2) is 4.79 Å². The van der Waals surface area contributed by atoms with Crippen LogP contribution in [0.25, 0.3) is 0 Å². The molecule has 0 bridgehead atoms. The molecule has 0 saturated carbocycles. The van der Waals surface area contributed by atoms with Gasteiger partial charge >= 0.3 is 5.97 Å². The van der Waals surface area contributed by atoms with Crippen LogP contribution in [0.5, 0.6) is 0 Å². The molecule has 6 nitrogen and oxygen atoms in total. The zero-order valence-corrected chi connectivity index (χ0v) is 12.8. The number of aliphatic hydroxyl groups excluding tert-OH is 1. The predicted molar refractivity (Wildman–Crippen MR) is 77.9 cm³/mol. The van der Waals surface area contributed by atoms with Crippen molar-refractivity contribution in [2.75, 3.05) is 25.7 Å². The van der Waals surface area contributed by atoms with Crippen LogP contribution < -0.4 is 4.90 Å². The second-order valence-electron chi connectivity index (χ2n) is 4.64. The molecule has 0 radical (unpaired) electrons. The van der Waals surface area contributed by atoms with E-state index in [0.717, 1.165) is 5.56 Å². The molecule has 0 aliphatic rings. The zero-order chi connectivity index (χ0) is 16.0. The number of benzene rings is 1. The molecule has 1 amide bonds. The number of carbonyl (C=O) groups is 2. The summed E-state index contributed by atoms with van der Waals surface area (Å²) in [6.45, 7) is 2.99. The summed E-state index contributed by atoms with van der Waals surface area (Å²) < 4.78 is 9.60. The highest BCUT2D eigenvalue weighted by Gasteiger charge is 2.30. The monoisotopic (exact) mass is 295 g/mol. The summed E-state index contributed by atoms with van der Waals surface area (Å²) in [4.78, 5) is 25.5. The molecular formula is C15H21NO5. The number of ether oxygens (including phenoxy) is 2. The van der Waals surface area contributed by atoms with Gasteiger partial charge in [0.15, 0.2) is 0 Å². The molecule has 1 rings (SSSR count). The minimum Gasteiger partial charge on any atom is -0.467 e. The van der Waals surface area contributed by atoms with Crippen LogP contribution in [0.3, 0.4) is 0 Å². The summed E-state index contributed by atoms with van der Waals surface area (Å²) in [6, 6.07) is 4.49. The molecule has 0 spiro atoms. The van der Waals surface area contributed by atoms with Crippen molar-refractivity contribution < 1.29 is 24.2 Å². The number of rotatable bonds is 6. The molecule has 21 heavy (non-hydrogen) atoms. The molecule has 0 aliphatic carbocycles. The summed E-state index contributed by atoms with van der Waals surface area (Å²) in [5.74, 6) is -0.911. The number of hydrogen-bond donors (Lipinski definition) is 1. The van der Waals surface area contributed by atoms with E-state index in [1.54, 1.807) is 19.1 Å². The Morgan fingerprint density at radius 1 is 1.33 bits per heavy atom. The highest BCUT2D eigenvalue weighted by molar-refractivity contribution is 6.01. The van der Waals surface area contributed by atoms with Crippen LogP contribution in [0.2, 0.25) is 0 Å². The lowest BCUT2D eigenvalue weighted by atomic mass is 10.1. The lowest BCUT2D eigenvalue weighted by Gasteiger charge is -2.30. The minimum absolute atomic E-state index is 0.166. The van der Waals surface area contributed by atoms with E-state index < -0.39 is 12.0 Å². The van der Waals surface area contributed by atoms with Gasteiger partial charge in [0.05, 0.1) is 19.4 Å². The third-order valence-electron chi connectivity index (χ3n) is 3.20. The largest absolute Gasteiger partial charge is 0.467 e. The van der Waals surface area contributed by atoms with Crippen molar-refractivity contribution in [1.82, 2.24) is 0 Å². The van der Waals surface area contributed by atoms with E-state index in [9.17, 15) is 14.7 Å². The van der Waals surface area contributed by atoms with Gasteiger partial charge in [0.2, 0.25) is 0 Å². The first-order chi connectivity index (χ1) is 9.97. The molecule has 116 valence electrons. The fourth-order valence-corrected chi connectivity index (χ4v) is 2.20. The molecular weight excluding hydrogens is 274 g/mol. The van der Waals surface area contributed by atoms with Crippen molar-refractivity contribution in [3.05, 3.63) is 29.3 Å². The topological polar surface area (TPSA) is 76.1 Å². The van der Waals surface area contributed by atoms with E-state index in [2.05, 4.69) is 0 Å². The number of aryl methyl sites for hydroxylation is 1. The van der Waals surface area contributed by atoms with Crippen LogP contribution >= 0.6 is 0 Å². The molecule has 0 saturated heterocycles. The van der Waals surface area contributed by atoms with Crippen LogP contribution in [0.15, 0.2) is 18.2 Å².